The zero-order chi connectivity index (χ0) is 15.6. The maximum atomic E-state index is 12.0. The van der Waals surface area contributed by atoms with Crippen LogP contribution in [0.4, 0.5) is 0 Å². The van der Waals surface area contributed by atoms with E-state index in [0.29, 0.717) is 19.6 Å². The molecule has 0 rings (SSSR count). The Morgan fingerprint density at radius 2 is 1.90 bits per heavy atom. The highest BCUT2D eigenvalue weighted by molar-refractivity contribution is 5.80. The van der Waals surface area contributed by atoms with Crippen LogP contribution in [0.5, 0.6) is 0 Å². The summed E-state index contributed by atoms with van der Waals surface area (Å²) in [7, 11) is 1.41. The number of nitrogens with one attached hydrogen (secondary N) is 1. The Kier molecular flexibility index (Phi) is 9.80. The van der Waals surface area contributed by atoms with Gasteiger partial charge < -0.3 is 19.5 Å². The lowest BCUT2D eigenvalue weighted by Crippen LogP contribution is -2.52. The summed E-state index contributed by atoms with van der Waals surface area (Å²) >= 11 is 0. The Bertz CT molecular complexity index is 273. The van der Waals surface area contributed by atoms with Gasteiger partial charge in [-0.1, -0.05) is 6.92 Å². The number of ether oxygens (including phenoxy) is 3. The zero-order valence-corrected chi connectivity index (χ0v) is 13.8. The molecule has 0 amide bonds. The number of hydrogen-bond donors (Lipinski definition) is 1. The molecule has 0 saturated heterocycles. The first-order valence-corrected chi connectivity index (χ1v) is 7.46. The lowest BCUT2D eigenvalue weighted by atomic mass is 9.94. The summed E-state index contributed by atoms with van der Waals surface area (Å²) in [6.45, 7) is 11.8. The Hall–Kier alpha value is -0.650. The van der Waals surface area contributed by atoms with E-state index in [1.54, 1.807) is 0 Å². The third-order valence-electron chi connectivity index (χ3n) is 3.12. The van der Waals surface area contributed by atoms with Crippen molar-refractivity contribution in [1.82, 2.24) is 5.32 Å². The van der Waals surface area contributed by atoms with Crippen molar-refractivity contribution >= 4 is 5.97 Å². The second kappa shape index (κ2) is 10.1. The molecule has 0 saturated carbocycles. The first-order valence-electron chi connectivity index (χ1n) is 7.46. The van der Waals surface area contributed by atoms with Crippen LogP contribution in [-0.2, 0) is 19.0 Å². The second-order valence-electron chi connectivity index (χ2n) is 5.37. The molecule has 0 bridgehead atoms. The maximum Gasteiger partial charge on any atom is 0.325 e. The molecule has 3 unspecified atom stereocenters. The number of hydrogen-bond acceptors (Lipinski definition) is 5. The fourth-order valence-corrected chi connectivity index (χ4v) is 2.20. The second-order valence-corrected chi connectivity index (χ2v) is 5.37. The van der Waals surface area contributed by atoms with Gasteiger partial charge >= 0.3 is 5.97 Å². The summed E-state index contributed by atoms with van der Waals surface area (Å²) in [5.74, 6) is -0.251. The molecule has 0 aromatic carbocycles. The quantitative estimate of drug-likeness (QED) is 0.591. The van der Waals surface area contributed by atoms with E-state index in [4.69, 9.17) is 14.2 Å². The molecule has 0 aromatic rings. The molecular weight excluding hydrogens is 258 g/mol. The number of methoxy groups -OCH3 is 1. The minimum absolute atomic E-state index is 0.0121. The molecule has 0 aliphatic carbocycles. The largest absolute Gasteiger partial charge is 0.468 e. The molecule has 1 N–H and O–H groups in total. The van der Waals surface area contributed by atoms with Crippen LogP contribution >= 0.6 is 0 Å². The lowest BCUT2D eigenvalue weighted by Gasteiger charge is -2.31. The van der Waals surface area contributed by atoms with Crippen LogP contribution in [0.3, 0.4) is 0 Å². The van der Waals surface area contributed by atoms with Gasteiger partial charge in [0.1, 0.15) is 5.54 Å². The summed E-state index contributed by atoms with van der Waals surface area (Å²) < 4.78 is 16.1. The van der Waals surface area contributed by atoms with Gasteiger partial charge in [0.25, 0.3) is 0 Å². The fourth-order valence-electron chi connectivity index (χ4n) is 2.20. The molecule has 0 fully saturated rings. The first kappa shape index (κ1) is 19.4. The van der Waals surface area contributed by atoms with Crippen molar-refractivity contribution in [1.29, 1.82) is 0 Å². The molecule has 3 atom stereocenters. The van der Waals surface area contributed by atoms with Crippen LogP contribution in [0, 0.1) is 0 Å². The van der Waals surface area contributed by atoms with Crippen LogP contribution in [0.25, 0.3) is 0 Å². The van der Waals surface area contributed by atoms with Crippen LogP contribution in [0.2, 0.25) is 0 Å². The zero-order valence-electron chi connectivity index (χ0n) is 13.8. The minimum atomic E-state index is -0.713. The van der Waals surface area contributed by atoms with E-state index in [2.05, 4.69) is 12.2 Å². The molecule has 5 nitrogen and oxygen atoms in total. The van der Waals surface area contributed by atoms with Crippen molar-refractivity contribution in [2.24, 2.45) is 0 Å². The van der Waals surface area contributed by atoms with E-state index in [1.165, 1.54) is 7.11 Å². The van der Waals surface area contributed by atoms with E-state index in [9.17, 15) is 4.79 Å². The van der Waals surface area contributed by atoms with E-state index < -0.39 is 5.54 Å². The Morgan fingerprint density at radius 3 is 2.40 bits per heavy atom. The average molecular weight is 289 g/mol. The lowest BCUT2D eigenvalue weighted by molar-refractivity contribution is -0.150. The van der Waals surface area contributed by atoms with Crippen molar-refractivity contribution in [2.45, 2.75) is 65.2 Å². The van der Waals surface area contributed by atoms with E-state index in [0.717, 1.165) is 13.0 Å². The Morgan fingerprint density at radius 1 is 1.25 bits per heavy atom. The standard InChI is InChI=1S/C15H31NO4/c1-7-9-16-15(5,14(17)18-6)10-12(3)20-13(4)11-19-8-2/h12-13,16H,7-11H2,1-6H3. The summed E-state index contributed by atoms with van der Waals surface area (Å²) in [5.41, 5.74) is -0.713. The van der Waals surface area contributed by atoms with Crippen LogP contribution in [0.1, 0.15) is 47.5 Å². The maximum absolute atomic E-state index is 12.0. The Labute approximate surface area is 123 Å². The smallest absolute Gasteiger partial charge is 0.325 e. The highest BCUT2D eigenvalue weighted by atomic mass is 16.5. The van der Waals surface area contributed by atoms with Gasteiger partial charge in [-0.05, 0) is 40.7 Å². The monoisotopic (exact) mass is 289 g/mol. The molecule has 0 aliphatic rings. The van der Waals surface area contributed by atoms with E-state index in [1.807, 2.05) is 27.7 Å². The molecule has 120 valence electrons. The van der Waals surface area contributed by atoms with Crippen molar-refractivity contribution < 1.29 is 19.0 Å². The third kappa shape index (κ3) is 7.22. The Balaban J connectivity index is 4.44. The molecule has 5 heteroatoms. The number of carbonyl (C=O) groups is 1. The normalized spacial score (nSPS) is 17.3. The van der Waals surface area contributed by atoms with Gasteiger partial charge in [-0.2, -0.15) is 0 Å². The number of carbonyl (C=O) groups excluding carboxylic acids is 1. The average Bonchev–Trinajstić information content (AvgIpc) is 2.41. The molecule has 0 spiro atoms. The molecule has 0 radical (unpaired) electrons. The molecule has 0 aromatic heterocycles. The highest BCUT2D eigenvalue weighted by Crippen LogP contribution is 2.18. The highest BCUT2D eigenvalue weighted by Gasteiger charge is 2.35. The molecule has 20 heavy (non-hydrogen) atoms. The predicted octanol–water partition coefficient (Wildman–Crippen LogP) is 2.14. The first-order chi connectivity index (χ1) is 9.39. The predicted molar refractivity (Wildman–Crippen MR) is 79.8 cm³/mol. The van der Waals surface area contributed by atoms with Gasteiger partial charge in [-0.25, -0.2) is 0 Å². The van der Waals surface area contributed by atoms with Crippen molar-refractivity contribution in [3.63, 3.8) is 0 Å². The van der Waals surface area contributed by atoms with Gasteiger partial charge in [-0.15, -0.1) is 0 Å². The summed E-state index contributed by atoms with van der Waals surface area (Å²) in [5, 5.41) is 3.26. The van der Waals surface area contributed by atoms with Gasteiger partial charge in [0.05, 0.1) is 25.9 Å². The van der Waals surface area contributed by atoms with Crippen molar-refractivity contribution in [3.05, 3.63) is 0 Å². The molecule has 0 heterocycles. The van der Waals surface area contributed by atoms with E-state index in [-0.39, 0.29) is 18.2 Å². The minimum Gasteiger partial charge on any atom is -0.468 e. The van der Waals surface area contributed by atoms with Crippen LogP contribution in [0.15, 0.2) is 0 Å². The summed E-state index contributed by atoms with van der Waals surface area (Å²) in [6, 6.07) is 0. The summed E-state index contributed by atoms with van der Waals surface area (Å²) in [6.07, 6.45) is 1.48. The van der Waals surface area contributed by atoms with Gasteiger partial charge in [0.15, 0.2) is 0 Å². The fraction of sp³-hybridized carbons (Fsp3) is 0.933. The van der Waals surface area contributed by atoms with E-state index >= 15 is 0 Å². The summed E-state index contributed by atoms with van der Waals surface area (Å²) in [4.78, 5) is 12.0. The SMILES string of the molecule is CCCNC(C)(CC(C)OC(C)COCC)C(=O)OC. The van der Waals surface area contributed by atoms with Crippen LogP contribution in [-0.4, -0.2) is 50.6 Å². The van der Waals surface area contributed by atoms with Gasteiger partial charge in [-0.3, -0.25) is 4.79 Å². The topological polar surface area (TPSA) is 56.8 Å². The van der Waals surface area contributed by atoms with Crippen molar-refractivity contribution in [3.8, 4) is 0 Å². The van der Waals surface area contributed by atoms with Gasteiger partial charge in [0.2, 0.25) is 0 Å². The van der Waals surface area contributed by atoms with Gasteiger partial charge in [0, 0.05) is 13.0 Å². The van der Waals surface area contributed by atoms with Crippen molar-refractivity contribution in [2.75, 3.05) is 26.9 Å². The number of esters is 1. The van der Waals surface area contributed by atoms with Crippen LogP contribution < -0.4 is 5.32 Å². The third-order valence-corrected chi connectivity index (χ3v) is 3.12. The molecular formula is C15H31NO4. The molecule has 0 aliphatic heterocycles. The number of rotatable bonds is 11.